The molecule has 0 atom stereocenters. The van der Waals surface area contributed by atoms with Crippen LogP contribution in [0.15, 0.2) is 85.1 Å². The molecule has 0 unspecified atom stereocenters. The van der Waals surface area contributed by atoms with Crippen LogP contribution in [-0.2, 0) is 0 Å². The summed E-state index contributed by atoms with van der Waals surface area (Å²) in [4.78, 5) is 28.8. The number of benzene rings is 3. The van der Waals surface area contributed by atoms with E-state index in [2.05, 4.69) is 0 Å². The fourth-order valence-corrected chi connectivity index (χ4v) is 4.36. The molecule has 4 aromatic rings. The van der Waals surface area contributed by atoms with Crippen molar-refractivity contribution in [3.63, 3.8) is 0 Å². The van der Waals surface area contributed by atoms with Gasteiger partial charge in [0.25, 0.3) is 5.91 Å². The Morgan fingerprint density at radius 2 is 1.51 bits per heavy atom. The topological polar surface area (TPSA) is 58.4 Å². The van der Waals surface area contributed by atoms with Crippen molar-refractivity contribution in [2.24, 2.45) is 0 Å². The van der Waals surface area contributed by atoms with E-state index in [0.29, 0.717) is 48.7 Å². The van der Waals surface area contributed by atoms with Gasteiger partial charge in [-0.25, -0.2) is 9.07 Å². The molecule has 2 heterocycles. The molecule has 0 spiro atoms. The number of rotatable bonds is 5. The van der Waals surface area contributed by atoms with E-state index in [4.69, 9.17) is 5.10 Å². The number of halogens is 1. The Labute approximate surface area is 203 Å². The highest BCUT2D eigenvalue weighted by Crippen LogP contribution is 2.27. The fraction of sp³-hybridized carbons (Fsp3) is 0.179. The number of hydrogen-bond acceptors (Lipinski definition) is 4. The number of carbonyl (C=O) groups excluding carboxylic acids is 2. The van der Waals surface area contributed by atoms with Crippen LogP contribution in [0.5, 0.6) is 0 Å². The first-order valence-corrected chi connectivity index (χ1v) is 11.6. The summed E-state index contributed by atoms with van der Waals surface area (Å²) in [5.41, 5.74) is 3.71. The highest BCUT2D eigenvalue weighted by Gasteiger charge is 2.27. The molecule has 5 rings (SSSR count). The van der Waals surface area contributed by atoms with E-state index >= 15 is 0 Å². The smallest absolute Gasteiger partial charge is 0.257 e. The van der Waals surface area contributed by atoms with Gasteiger partial charge in [0.2, 0.25) is 0 Å². The zero-order chi connectivity index (χ0) is 24.4. The third-order valence-corrected chi connectivity index (χ3v) is 6.27. The Morgan fingerprint density at radius 1 is 0.857 bits per heavy atom. The second-order valence-electron chi connectivity index (χ2n) is 8.54. The van der Waals surface area contributed by atoms with E-state index in [1.807, 2.05) is 65.6 Å². The fourth-order valence-electron chi connectivity index (χ4n) is 4.36. The lowest BCUT2D eigenvalue weighted by atomic mass is 10.1. The molecule has 1 aromatic heterocycles. The van der Waals surface area contributed by atoms with Crippen molar-refractivity contribution in [1.82, 2.24) is 14.7 Å². The van der Waals surface area contributed by atoms with E-state index in [1.54, 1.807) is 27.9 Å². The number of amides is 1. The molecule has 0 radical (unpaired) electrons. The first-order valence-electron chi connectivity index (χ1n) is 11.6. The number of aromatic nitrogens is 2. The molecule has 35 heavy (non-hydrogen) atoms. The monoisotopic (exact) mass is 468 g/mol. The lowest BCUT2D eigenvalue weighted by Gasteiger charge is -2.36. The van der Waals surface area contributed by atoms with E-state index in [-0.39, 0.29) is 11.7 Å². The zero-order valence-electron chi connectivity index (χ0n) is 19.4. The van der Waals surface area contributed by atoms with Crippen LogP contribution in [0.4, 0.5) is 10.1 Å². The maximum absolute atomic E-state index is 14.6. The molecule has 1 fully saturated rings. The quantitative estimate of drug-likeness (QED) is 0.393. The Bertz CT molecular complexity index is 1360. The number of para-hydroxylation sites is 1. The van der Waals surface area contributed by atoms with Crippen LogP contribution in [0.25, 0.3) is 16.9 Å². The normalized spacial score (nSPS) is 13.7. The minimum Gasteiger partial charge on any atom is -0.366 e. The molecule has 1 aliphatic heterocycles. The number of anilines is 1. The molecule has 176 valence electrons. The molecule has 6 nitrogen and oxygen atoms in total. The molecule has 3 aromatic carbocycles. The molecule has 0 saturated carbocycles. The van der Waals surface area contributed by atoms with E-state index in [1.165, 1.54) is 13.0 Å². The predicted molar refractivity (Wildman–Crippen MR) is 134 cm³/mol. The summed E-state index contributed by atoms with van der Waals surface area (Å²) < 4.78 is 16.4. The van der Waals surface area contributed by atoms with Crippen molar-refractivity contribution in [3.8, 4) is 16.9 Å². The lowest BCUT2D eigenvalue weighted by Crippen LogP contribution is -2.49. The van der Waals surface area contributed by atoms with Crippen LogP contribution >= 0.6 is 0 Å². The average molecular weight is 469 g/mol. The number of nitrogens with zero attached hydrogens (tertiary/aromatic N) is 4. The molecular weight excluding hydrogens is 443 g/mol. The van der Waals surface area contributed by atoms with Gasteiger partial charge in [-0.3, -0.25) is 9.59 Å². The number of ketones is 1. The summed E-state index contributed by atoms with van der Waals surface area (Å²) in [5, 5.41) is 4.74. The largest absolute Gasteiger partial charge is 0.366 e. The van der Waals surface area contributed by atoms with Gasteiger partial charge in [-0.1, -0.05) is 48.5 Å². The maximum atomic E-state index is 14.6. The highest BCUT2D eigenvalue weighted by molar-refractivity contribution is 6.00. The molecule has 7 heteroatoms. The van der Waals surface area contributed by atoms with Crippen LogP contribution < -0.4 is 4.90 Å². The molecule has 0 bridgehead atoms. The van der Waals surface area contributed by atoms with Crippen molar-refractivity contribution in [2.75, 3.05) is 31.1 Å². The minimum atomic E-state index is -0.423. The number of piperazine rings is 1. The van der Waals surface area contributed by atoms with Crippen molar-refractivity contribution < 1.29 is 14.0 Å². The molecule has 1 saturated heterocycles. The Kier molecular flexibility index (Phi) is 6.14. The second-order valence-corrected chi connectivity index (χ2v) is 8.54. The van der Waals surface area contributed by atoms with Crippen molar-refractivity contribution in [2.45, 2.75) is 6.92 Å². The Hall–Kier alpha value is -4.26. The van der Waals surface area contributed by atoms with Crippen molar-refractivity contribution in [3.05, 3.63) is 102 Å². The average Bonchev–Trinajstić information content (AvgIpc) is 3.35. The molecule has 0 aliphatic carbocycles. The standard InChI is InChI=1S/C28H25FN4O2/c1-20(34)22-12-13-26(25(29)18-22)31-14-16-32(17-15-31)28(35)24-19-33(23-10-6-3-7-11-23)30-27(24)21-8-4-2-5-9-21/h2-13,18-19H,14-17H2,1H3. The summed E-state index contributed by atoms with van der Waals surface area (Å²) in [6, 6.07) is 23.9. The minimum absolute atomic E-state index is 0.0990. The third kappa shape index (κ3) is 4.57. The maximum Gasteiger partial charge on any atom is 0.257 e. The van der Waals surface area contributed by atoms with Crippen LogP contribution in [0.1, 0.15) is 27.6 Å². The predicted octanol–water partition coefficient (Wildman–Crippen LogP) is 4.84. The Balaban J connectivity index is 1.38. The van der Waals surface area contributed by atoms with Gasteiger partial charge in [0.1, 0.15) is 11.5 Å². The molecular formula is C28H25FN4O2. The second kappa shape index (κ2) is 9.54. The van der Waals surface area contributed by atoms with Gasteiger partial charge in [-0.05, 0) is 37.3 Å². The summed E-state index contributed by atoms with van der Waals surface area (Å²) >= 11 is 0. The van der Waals surface area contributed by atoms with Crippen LogP contribution in [0, 0.1) is 5.82 Å². The first kappa shape index (κ1) is 22.5. The summed E-state index contributed by atoms with van der Waals surface area (Å²) in [7, 11) is 0. The lowest BCUT2D eigenvalue weighted by molar-refractivity contribution is 0.0747. The van der Waals surface area contributed by atoms with Gasteiger partial charge >= 0.3 is 0 Å². The van der Waals surface area contributed by atoms with E-state index < -0.39 is 5.82 Å². The van der Waals surface area contributed by atoms with Crippen LogP contribution in [-0.4, -0.2) is 52.5 Å². The van der Waals surface area contributed by atoms with Crippen LogP contribution in [0.2, 0.25) is 0 Å². The molecule has 1 aliphatic rings. The van der Waals surface area contributed by atoms with Gasteiger partial charge in [-0.2, -0.15) is 5.10 Å². The number of carbonyl (C=O) groups is 2. The molecule has 0 N–H and O–H groups in total. The van der Waals surface area contributed by atoms with Crippen molar-refractivity contribution >= 4 is 17.4 Å². The van der Waals surface area contributed by atoms with Gasteiger partial charge < -0.3 is 9.80 Å². The van der Waals surface area contributed by atoms with E-state index in [0.717, 1.165) is 11.3 Å². The number of Topliss-reactive ketones (excluding diaryl/α,β-unsaturated/α-hetero) is 1. The SMILES string of the molecule is CC(=O)c1ccc(N2CCN(C(=O)c3cn(-c4ccccc4)nc3-c3ccccc3)CC2)c(F)c1. The van der Waals surface area contributed by atoms with E-state index in [9.17, 15) is 14.0 Å². The number of hydrogen-bond donors (Lipinski definition) is 0. The third-order valence-electron chi connectivity index (χ3n) is 6.27. The zero-order valence-corrected chi connectivity index (χ0v) is 19.4. The van der Waals surface area contributed by atoms with Crippen LogP contribution in [0.3, 0.4) is 0 Å². The first-order chi connectivity index (χ1) is 17.0. The summed E-state index contributed by atoms with van der Waals surface area (Å²) in [5.74, 6) is -0.692. The van der Waals surface area contributed by atoms with Gasteiger partial charge in [0.15, 0.2) is 5.78 Å². The van der Waals surface area contributed by atoms with Gasteiger partial charge in [-0.15, -0.1) is 0 Å². The summed E-state index contributed by atoms with van der Waals surface area (Å²) in [6.07, 6.45) is 1.78. The van der Waals surface area contributed by atoms with Gasteiger partial charge in [0, 0.05) is 43.5 Å². The Morgan fingerprint density at radius 3 is 2.14 bits per heavy atom. The summed E-state index contributed by atoms with van der Waals surface area (Å²) in [6.45, 7) is 3.32. The van der Waals surface area contributed by atoms with Gasteiger partial charge in [0.05, 0.1) is 16.9 Å². The van der Waals surface area contributed by atoms with Crippen molar-refractivity contribution in [1.29, 1.82) is 0 Å². The molecule has 1 amide bonds. The highest BCUT2D eigenvalue weighted by atomic mass is 19.1.